The number of hydrogen-bond acceptors (Lipinski definition) is 0. The molecular weight excluding hydrogens is 526 g/mol. The van der Waals surface area contributed by atoms with Crippen molar-refractivity contribution in [1.82, 2.24) is 0 Å². The van der Waals surface area contributed by atoms with Gasteiger partial charge in [-0.2, -0.15) is 0 Å². The zero-order valence-electron chi connectivity index (χ0n) is 4.39. The molecule has 9 heteroatoms. The summed E-state index contributed by atoms with van der Waals surface area (Å²) in [6.07, 6.45) is 0. The Morgan fingerprint density at radius 1 is 0.222 bits per heavy atom. The van der Waals surface area contributed by atoms with Gasteiger partial charge in [0.15, 0.2) is 0 Å². The van der Waals surface area contributed by atoms with Crippen LogP contribution in [0, 0.1) is 0 Å². The molecule has 0 saturated heterocycles. The van der Waals surface area contributed by atoms with Crippen LogP contribution in [0.1, 0.15) is 0 Å². The van der Waals surface area contributed by atoms with Crippen molar-refractivity contribution in [3.05, 3.63) is 0 Å². The fourth-order valence-electron chi connectivity index (χ4n) is 0. The van der Waals surface area contributed by atoms with Gasteiger partial charge >= 0.3 is 147 Å². The van der Waals surface area contributed by atoms with Gasteiger partial charge in [-0.05, 0) is 0 Å². The molecule has 0 amide bonds. The molecule has 0 radical (unpaired) electrons. The Bertz CT molecular complexity index is 8.26. The van der Waals surface area contributed by atoms with Gasteiger partial charge in [-0.3, -0.25) is 0 Å². The largest absolute Gasteiger partial charge is 2.00 e. The fraction of sp³-hybridized carbons (Fsp3) is 0. The molecule has 0 aromatic rings. The van der Waals surface area contributed by atoms with Crippen molar-refractivity contribution in [2.24, 2.45) is 0 Å². The van der Waals surface area contributed by atoms with Gasteiger partial charge in [-0.1, -0.05) is 0 Å². The Kier molecular flexibility index (Phi) is 1030. The average Bonchev–Trinajstić information content (AvgIpc) is 0. The van der Waals surface area contributed by atoms with Gasteiger partial charge < -0.3 is 28.2 Å². The van der Waals surface area contributed by atoms with Crippen LogP contribution in [0.5, 0.6) is 0 Å². The fourth-order valence-corrected chi connectivity index (χ4v) is 0. The van der Waals surface area contributed by atoms with Crippen molar-refractivity contribution in [3.8, 4) is 0 Å². The van der Waals surface area contributed by atoms with E-state index in [1.165, 1.54) is 0 Å². The first-order valence-electron chi connectivity index (χ1n) is 0. The predicted octanol–water partition coefficient (Wildman–Crippen LogP) is -19.1. The van der Waals surface area contributed by atoms with E-state index >= 15 is 0 Å². The van der Waals surface area contributed by atoms with Crippen molar-refractivity contribution in [1.29, 1.82) is 0 Å². The Labute approximate surface area is 169 Å². The van der Waals surface area contributed by atoms with Gasteiger partial charge in [-0.25, -0.2) is 0 Å². The maximum atomic E-state index is 0. The van der Waals surface area contributed by atoms with Crippen LogP contribution in [0.15, 0.2) is 0 Å². The first kappa shape index (κ1) is 109. The summed E-state index contributed by atoms with van der Waals surface area (Å²) in [5.74, 6) is 0. The minimum absolute atomic E-state index is 0. The van der Waals surface area contributed by atoms with E-state index in [0.717, 1.165) is 0 Å². The molecule has 0 aromatic carbocycles. The van der Waals surface area contributed by atoms with Crippen LogP contribution < -0.4 is 28.2 Å². The topological polar surface area (TPSA) is 0 Å². The Morgan fingerprint density at radius 3 is 0.222 bits per heavy atom. The summed E-state index contributed by atoms with van der Waals surface area (Å²) in [4.78, 5) is 0. The minimum atomic E-state index is 0. The summed E-state index contributed by atoms with van der Waals surface area (Å²) in [7, 11) is 0. The summed E-state index contributed by atoms with van der Waals surface area (Å²) < 4.78 is 0. The van der Waals surface area contributed by atoms with Crippen molar-refractivity contribution in [3.63, 3.8) is 0 Å². The summed E-state index contributed by atoms with van der Waals surface area (Å²) >= 11 is 0. The van der Waals surface area contributed by atoms with E-state index in [1.54, 1.807) is 0 Å². The van der Waals surface area contributed by atoms with E-state index in [-0.39, 0.29) is 175 Å². The van der Waals surface area contributed by atoms with Crippen LogP contribution in [0.4, 0.5) is 0 Å². The molecule has 48 valence electrons. The summed E-state index contributed by atoms with van der Waals surface area (Å²) in [5.41, 5.74) is 0. The summed E-state index contributed by atoms with van der Waals surface area (Å²) in [6.45, 7) is 0. The van der Waals surface area contributed by atoms with E-state index in [0.29, 0.717) is 0 Å². The van der Waals surface area contributed by atoms with Crippen LogP contribution in [0.2, 0.25) is 0 Å². The summed E-state index contributed by atoms with van der Waals surface area (Å²) in [6, 6.07) is 0. The molecule has 0 aliphatic rings. The molecule has 0 rings (SSSR count). The smallest absolute Gasteiger partial charge is 1.00 e. The van der Waals surface area contributed by atoms with Crippen LogP contribution in [0.3, 0.4) is 0 Å². The van der Waals surface area contributed by atoms with Crippen LogP contribution in [0.25, 0.3) is 0 Å². The molecule has 0 saturated carbocycles. The second-order valence-corrected chi connectivity index (χ2v) is 0. The maximum Gasteiger partial charge on any atom is 2.00 e. The predicted molar refractivity (Wildman–Crippen MR) is 17.3 cm³/mol. The second-order valence-electron chi connectivity index (χ2n) is 0. The standard InChI is InChI=1S/3Ba.6FH/h;;;6*1H/q3*+2;;;;;;/p-6. The molecule has 9 heavy (non-hydrogen) atoms. The van der Waals surface area contributed by atoms with Crippen molar-refractivity contribution in [2.45, 2.75) is 0 Å². The number of hydrogen-bond donors (Lipinski definition) is 0. The Balaban J connectivity index is 0. The van der Waals surface area contributed by atoms with Crippen LogP contribution in [-0.2, 0) is 0 Å². The summed E-state index contributed by atoms with van der Waals surface area (Å²) in [5, 5.41) is 0. The number of rotatable bonds is 0. The van der Waals surface area contributed by atoms with Crippen LogP contribution in [-0.4, -0.2) is 147 Å². The molecule has 0 aliphatic heterocycles. The Hall–Kier alpha value is 4.29. The van der Waals surface area contributed by atoms with Crippen LogP contribution >= 0.6 is 0 Å². The quantitative estimate of drug-likeness (QED) is 0.218. The van der Waals surface area contributed by atoms with Crippen molar-refractivity contribution < 1.29 is 28.2 Å². The Morgan fingerprint density at radius 2 is 0.222 bits per heavy atom. The number of halogens is 6. The van der Waals surface area contributed by atoms with Gasteiger partial charge in [0.1, 0.15) is 0 Å². The van der Waals surface area contributed by atoms with E-state index < -0.39 is 0 Å². The molecule has 0 bridgehead atoms. The van der Waals surface area contributed by atoms with Crippen molar-refractivity contribution in [2.75, 3.05) is 0 Å². The molecule has 0 atom stereocenters. The van der Waals surface area contributed by atoms with Gasteiger partial charge in [0.05, 0.1) is 0 Å². The maximum absolute atomic E-state index is 0. The SMILES string of the molecule is [Ba+2].[Ba+2].[Ba+2].[F-].[F-].[F-].[F-].[F-].[F-]. The zero-order valence-corrected chi connectivity index (χ0v) is 17.7. The van der Waals surface area contributed by atoms with Gasteiger partial charge in [0.25, 0.3) is 0 Å². The molecule has 0 N–H and O–H groups in total. The van der Waals surface area contributed by atoms with Gasteiger partial charge in [0, 0.05) is 0 Å². The third kappa shape index (κ3) is 70.7. The van der Waals surface area contributed by atoms with Gasteiger partial charge in [-0.15, -0.1) is 0 Å². The molecule has 0 fully saturated rings. The molecule has 0 unspecified atom stereocenters. The zero-order chi connectivity index (χ0) is 0. The normalized spacial score (nSPS) is 0. The minimum Gasteiger partial charge on any atom is -1.00 e. The average molecular weight is 526 g/mol. The van der Waals surface area contributed by atoms with Gasteiger partial charge in [0.2, 0.25) is 0 Å². The third-order valence-corrected chi connectivity index (χ3v) is 0. The van der Waals surface area contributed by atoms with E-state index in [4.69, 9.17) is 0 Å². The molecule has 0 aliphatic carbocycles. The second kappa shape index (κ2) is 85.0. The monoisotopic (exact) mass is 528 g/mol. The molecule has 0 nitrogen and oxygen atoms in total. The molecular formula is Ba3F6. The van der Waals surface area contributed by atoms with E-state index in [2.05, 4.69) is 0 Å². The first-order valence-corrected chi connectivity index (χ1v) is 0. The first-order chi connectivity index (χ1) is 0. The third-order valence-electron chi connectivity index (χ3n) is 0. The van der Waals surface area contributed by atoms with E-state index in [1.807, 2.05) is 0 Å². The van der Waals surface area contributed by atoms with E-state index in [9.17, 15) is 0 Å². The van der Waals surface area contributed by atoms with Crippen molar-refractivity contribution >= 4 is 147 Å². The molecule has 0 aromatic heterocycles. The molecule has 0 spiro atoms. The molecule has 0 heterocycles.